The predicted octanol–water partition coefficient (Wildman–Crippen LogP) is 3.20. The SMILES string of the molecule is CO[C@@](C)(CNC(=O)C(=O)N[C@H](C)c1ccccc1)c1cccc(Cl)c1. The van der Waals surface area contributed by atoms with Crippen molar-refractivity contribution in [2.75, 3.05) is 13.7 Å². The number of ether oxygens (including phenoxy) is 1. The van der Waals surface area contributed by atoms with Crippen LogP contribution in [0.2, 0.25) is 5.02 Å². The molecule has 2 rings (SSSR count). The first-order valence-electron chi connectivity index (χ1n) is 8.30. The number of benzene rings is 2. The van der Waals surface area contributed by atoms with Gasteiger partial charge in [-0.2, -0.15) is 0 Å². The van der Waals surface area contributed by atoms with Gasteiger partial charge in [0.25, 0.3) is 0 Å². The quantitative estimate of drug-likeness (QED) is 0.763. The number of rotatable bonds is 6. The van der Waals surface area contributed by atoms with Crippen molar-refractivity contribution in [1.82, 2.24) is 10.6 Å². The van der Waals surface area contributed by atoms with Crippen molar-refractivity contribution < 1.29 is 14.3 Å². The van der Waals surface area contributed by atoms with Crippen molar-refractivity contribution in [2.45, 2.75) is 25.5 Å². The van der Waals surface area contributed by atoms with Crippen LogP contribution in [-0.4, -0.2) is 25.5 Å². The first-order valence-corrected chi connectivity index (χ1v) is 8.68. The van der Waals surface area contributed by atoms with Crippen molar-refractivity contribution in [1.29, 1.82) is 0 Å². The number of amides is 2. The number of halogens is 1. The van der Waals surface area contributed by atoms with Crippen molar-refractivity contribution in [3.63, 3.8) is 0 Å². The van der Waals surface area contributed by atoms with Gasteiger partial charge in [0, 0.05) is 12.1 Å². The Morgan fingerprint density at radius 2 is 1.81 bits per heavy atom. The van der Waals surface area contributed by atoms with Gasteiger partial charge >= 0.3 is 11.8 Å². The van der Waals surface area contributed by atoms with E-state index < -0.39 is 17.4 Å². The van der Waals surface area contributed by atoms with Gasteiger partial charge in [0.15, 0.2) is 0 Å². The van der Waals surface area contributed by atoms with E-state index in [1.54, 1.807) is 19.2 Å². The highest BCUT2D eigenvalue weighted by atomic mass is 35.5. The number of hydrogen-bond donors (Lipinski definition) is 2. The highest BCUT2D eigenvalue weighted by Gasteiger charge is 2.28. The molecule has 0 radical (unpaired) electrons. The molecule has 0 aromatic heterocycles. The summed E-state index contributed by atoms with van der Waals surface area (Å²) >= 11 is 6.03. The minimum atomic E-state index is -0.800. The maximum absolute atomic E-state index is 12.2. The minimum absolute atomic E-state index is 0.135. The summed E-state index contributed by atoms with van der Waals surface area (Å²) in [5.41, 5.74) is 0.937. The van der Waals surface area contributed by atoms with Crippen molar-refractivity contribution in [2.24, 2.45) is 0 Å². The Morgan fingerprint density at radius 3 is 2.42 bits per heavy atom. The van der Waals surface area contributed by atoms with Gasteiger partial charge in [0.1, 0.15) is 5.60 Å². The molecule has 0 aliphatic carbocycles. The summed E-state index contributed by atoms with van der Waals surface area (Å²) in [6.07, 6.45) is 0. The number of methoxy groups -OCH3 is 1. The fourth-order valence-corrected chi connectivity index (χ4v) is 2.72. The molecular weight excluding hydrogens is 352 g/mol. The molecule has 0 bridgehead atoms. The van der Waals surface area contributed by atoms with Gasteiger partial charge in [-0.3, -0.25) is 9.59 Å². The largest absolute Gasteiger partial charge is 0.372 e. The molecule has 0 unspecified atom stereocenters. The van der Waals surface area contributed by atoms with E-state index in [9.17, 15) is 9.59 Å². The van der Waals surface area contributed by atoms with Crippen molar-refractivity contribution in [3.05, 3.63) is 70.7 Å². The van der Waals surface area contributed by atoms with Crippen LogP contribution in [0.3, 0.4) is 0 Å². The Kier molecular flexibility index (Phi) is 6.77. The zero-order valence-electron chi connectivity index (χ0n) is 15.1. The van der Waals surface area contributed by atoms with Crippen LogP contribution in [0, 0.1) is 0 Å². The Balaban J connectivity index is 1.96. The Labute approximate surface area is 158 Å². The Morgan fingerprint density at radius 1 is 1.12 bits per heavy atom. The van der Waals surface area contributed by atoms with E-state index >= 15 is 0 Å². The second kappa shape index (κ2) is 8.83. The van der Waals surface area contributed by atoms with E-state index in [1.807, 2.05) is 56.3 Å². The topological polar surface area (TPSA) is 67.4 Å². The lowest BCUT2D eigenvalue weighted by Crippen LogP contribution is -2.46. The van der Waals surface area contributed by atoms with Gasteiger partial charge < -0.3 is 15.4 Å². The third-order valence-electron chi connectivity index (χ3n) is 4.33. The molecule has 0 aliphatic rings. The van der Waals surface area contributed by atoms with Gasteiger partial charge in [-0.25, -0.2) is 0 Å². The summed E-state index contributed by atoms with van der Waals surface area (Å²) in [5, 5.41) is 5.89. The minimum Gasteiger partial charge on any atom is -0.372 e. The van der Waals surface area contributed by atoms with Gasteiger partial charge in [0.05, 0.1) is 12.6 Å². The number of nitrogens with one attached hydrogen (secondary N) is 2. The maximum atomic E-state index is 12.2. The first-order chi connectivity index (χ1) is 12.4. The molecule has 6 heteroatoms. The average Bonchev–Trinajstić information content (AvgIpc) is 2.66. The van der Waals surface area contributed by atoms with Crippen LogP contribution >= 0.6 is 11.6 Å². The third-order valence-corrected chi connectivity index (χ3v) is 4.56. The van der Waals surface area contributed by atoms with Crippen molar-refractivity contribution in [3.8, 4) is 0 Å². The fraction of sp³-hybridized carbons (Fsp3) is 0.300. The Bertz CT molecular complexity index is 767. The van der Waals surface area contributed by atoms with E-state index in [2.05, 4.69) is 10.6 Å². The van der Waals surface area contributed by atoms with Crippen LogP contribution in [-0.2, 0) is 19.9 Å². The van der Waals surface area contributed by atoms with Crippen LogP contribution < -0.4 is 10.6 Å². The highest BCUT2D eigenvalue weighted by molar-refractivity contribution is 6.35. The van der Waals surface area contributed by atoms with Crippen LogP contribution in [0.5, 0.6) is 0 Å². The third kappa shape index (κ3) is 5.07. The fourth-order valence-electron chi connectivity index (χ4n) is 2.53. The Hall–Kier alpha value is -2.37. The molecule has 2 amide bonds. The molecule has 138 valence electrons. The van der Waals surface area contributed by atoms with Gasteiger partial charge in [-0.1, -0.05) is 54.1 Å². The normalized spacial score (nSPS) is 14.2. The lowest BCUT2D eigenvalue weighted by molar-refractivity contribution is -0.140. The molecule has 0 heterocycles. The monoisotopic (exact) mass is 374 g/mol. The molecule has 5 nitrogen and oxygen atoms in total. The molecule has 0 saturated heterocycles. The number of hydrogen-bond acceptors (Lipinski definition) is 3. The lowest BCUT2D eigenvalue weighted by atomic mass is 9.95. The predicted molar refractivity (Wildman–Crippen MR) is 102 cm³/mol. The van der Waals surface area contributed by atoms with Crippen LogP contribution in [0.25, 0.3) is 0 Å². The smallest absolute Gasteiger partial charge is 0.309 e. The molecule has 2 aromatic rings. The summed E-state index contributed by atoms with van der Waals surface area (Å²) in [4.78, 5) is 24.3. The molecule has 0 aliphatic heterocycles. The van der Waals surface area contributed by atoms with Crippen LogP contribution in [0.15, 0.2) is 54.6 Å². The molecule has 0 fully saturated rings. The van der Waals surface area contributed by atoms with Gasteiger partial charge in [0.2, 0.25) is 0 Å². The summed E-state index contributed by atoms with van der Waals surface area (Å²) in [6, 6.07) is 16.4. The summed E-state index contributed by atoms with van der Waals surface area (Å²) in [6.45, 7) is 3.78. The highest BCUT2D eigenvalue weighted by Crippen LogP contribution is 2.26. The van der Waals surface area contributed by atoms with Crippen LogP contribution in [0.1, 0.15) is 31.0 Å². The molecule has 2 N–H and O–H groups in total. The zero-order valence-corrected chi connectivity index (χ0v) is 15.8. The van der Waals surface area contributed by atoms with Crippen LogP contribution in [0.4, 0.5) is 0 Å². The molecule has 2 aromatic carbocycles. The lowest BCUT2D eigenvalue weighted by Gasteiger charge is -2.29. The molecule has 0 spiro atoms. The van der Waals surface area contributed by atoms with E-state index in [0.29, 0.717) is 5.02 Å². The second-order valence-corrected chi connectivity index (χ2v) is 6.67. The zero-order chi connectivity index (χ0) is 19.2. The maximum Gasteiger partial charge on any atom is 0.309 e. The van der Waals surface area contributed by atoms with E-state index in [1.165, 1.54) is 0 Å². The standard InChI is InChI=1S/C20H23ClN2O3/c1-14(15-8-5-4-6-9-15)23-19(25)18(24)22-13-20(2,26-3)16-10-7-11-17(21)12-16/h4-12,14H,13H2,1-3H3,(H,22,24)(H,23,25)/t14-,20+/m1/s1. The van der Waals surface area contributed by atoms with E-state index in [-0.39, 0.29) is 12.6 Å². The first kappa shape index (κ1) is 19.9. The van der Waals surface area contributed by atoms with Gasteiger partial charge in [-0.05, 0) is 37.1 Å². The summed E-state index contributed by atoms with van der Waals surface area (Å²) in [7, 11) is 1.55. The summed E-state index contributed by atoms with van der Waals surface area (Å²) in [5.74, 6) is -1.40. The molecule has 26 heavy (non-hydrogen) atoms. The van der Waals surface area contributed by atoms with Gasteiger partial charge in [-0.15, -0.1) is 0 Å². The number of carbonyl (C=O) groups excluding carboxylic acids is 2. The molecular formula is C20H23ClN2O3. The summed E-state index contributed by atoms with van der Waals surface area (Å²) < 4.78 is 5.55. The second-order valence-electron chi connectivity index (χ2n) is 6.23. The number of carbonyl (C=O) groups is 2. The van der Waals surface area contributed by atoms with E-state index in [4.69, 9.17) is 16.3 Å². The van der Waals surface area contributed by atoms with Crippen molar-refractivity contribution >= 4 is 23.4 Å². The molecule has 2 atom stereocenters. The molecule has 0 saturated carbocycles. The average molecular weight is 375 g/mol. The van der Waals surface area contributed by atoms with E-state index in [0.717, 1.165) is 11.1 Å².